The number of hydrogen-bond acceptors (Lipinski definition) is 5. The SMILES string of the molecule is CC(=O)Nc1ccc(CC(=O)N[C@@H](Cc2ccc(C)cc2)OB(O)O)cc1. The van der Waals surface area contributed by atoms with Crippen LogP contribution in [0, 0.1) is 6.92 Å². The van der Waals surface area contributed by atoms with Crippen molar-refractivity contribution in [2.45, 2.75) is 32.9 Å². The van der Waals surface area contributed by atoms with Gasteiger partial charge in [-0.1, -0.05) is 42.0 Å². The summed E-state index contributed by atoms with van der Waals surface area (Å²) in [5.74, 6) is -0.487. The van der Waals surface area contributed by atoms with Crippen LogP contribution in [0.1, 0.15) is 23.6 Å². The van der Waals surface area contributed by atoms with E-state index in [9.17, 15) is 9.59 Å². The van der Waals surface area contributed by atoms with Gasteiger partial charge in [0, 0.05) is 19.0 Å². The van der Waals surface area contributed by atoms with E-state index < -0.39 is 13.5 Å². The number of carbonyl (C=O) groups excluding carboxylic acids is 2. The van der Waals surface area contributed by atoms with Gasteiger partial charge in [0.2, 0.25) is 11.8 Å². The quantitative estimate of drug-likeness (QED) is 0.412. The molecule has 2 aromatic rings. The van der Waals surface area contributed by atoms with Gasteiger partial charge < -0.3 is 25.3 Å². The number of anilines is 1. The third kappa shape index (κ3) is 7.61. The molecule has 0 saturated heterocycles. The molecule has 0 radical (unpaired) electrons. The third-order valence-electron chi connectivity index (χ3n) is 3.79. The predicted molar refractivity (Wildman–Crippen MR) is 103 cm³/mol. The summed E-state index contributed by atoms with van der Waals surface area (Å²) in [7, 11) is -1.99. The summed E-state index contributed by atoms with van der Waals surface area (Å²) >= 11 is 0. The van der Waals surface area contributed by atoms with E-state index in [4.69, 9.17) is 14.7 Å². The smallest absolute Gasteiger partial charge is 0.402 e. The van der Waals surface area contributed by atoms with E-state index in [-0.39, 0.29) is 18.2 Å². The summed E-state index contributed by atoms with van der Waals surface area (Å²) in [4.78, 5) is 23.3. The van der Waals surface area contributed by atoms with Crippen LogP contribution in [0.25, 0.3) is 0 Å². The molecular weight excluding hydrogens is 347 g/mol. The van der Waals surface area contributed by atoms with E-state index in [0.717, 1.165) is 16.7 Å². The Morgan fingerprint density at radius 2 is 1.63 bits per heavy atom. The van der Waals surface area contributed by atoms with Crippen molar-refractivity contribution >= 4 is 24.8 Å². The van der Waals surface area contributed by atoms with Crippen LogP contribution in [0.5, 0.6) is 0 Å². The maximum Gasteiger partial charge on any atom is 0.635 e. The van der Waals surface area contributed by atoms with Gasteiger partial charge in [-0.05, 0) is 30.2 Å². The van der Waals surface area contributed by atoms with Crippen molar-refractivity contribution in [1.29, 1.82) is 0 Å². The largest absolute Gasteiger partial charge is 0.635 e. The minimum absolute atomic E-state index is 0.0929. The van der Waals surface area contributed by atoms with Gasteiger partial charge in [0.15, 0.2) is 0 Å². The van der Waals surface area contributed by atoms with E-state index >= 15 is 0 Å². The Morgan fingerprint density at radius 3 is 2.19 bits per heavy atom. The fourth-order valence-electron chi connectivity index (χ4n) is 2.54. The van der Waals surface area contributed by atoms with E-state index in [1.807, 2.05) is 31.2 Å². The highest BCUT2D eigenvalue weighted by atomic mass is 16.6. The molecule has 2 amide bonds. The molecule has 2 rings (SSSR count). The molecule has 0 fully saturated rings. The number of benzene rings is 2. The van der Waals surface area contributed by atoms with E-state index in [1.165, 1.54) is 6.92 Å². The van der Waals surface area contributed by atoms with Gasteiger partial charge in [-0.15, -0.1) is 0 Å². The molecule has 0 spiro atoms. The summed E-state index contributed by atoms with van der Waals surface area (Å²) in [6, 6.07) is 14.5. The maximum absolute atomic E-state index is 12.3. The molecule has 7 nitrogen and oxygen atoms in total. The minimum atomic E-state index is -1.99. The monoisotopic (exact) mass is 370 g/mol. The van der Waals surface area contributed by atoms with Crippen LogP contribution < -0.4 is 10.6 Å². The Morgan fingerprint density at radius 1 is 1.04 bits per heavy atom. The maximum atomic E-state index is 12.3. The Labute approximate surface area is 158 Å². The van der Waals surface area contributed by atoms with Crippen LogP contribution in [-0.4, -0.2) is 35.4 Å². The Kier molecular flexibility index (Phi) is 7.54. The molecule has 0 bridgehead atoms. The summed E-state index contributed by atoms with van der Waals surface area (Å²) in [6.45, 7) is 3.39. The Balaban J connectivity index is 1.96. The average molecular weight is 370 g/mol. The zero-order valence-corrected chi connectivity index (χ0v) is 15.3. The molecule has 0 saturated carbocycles. The molecule has 142 valence electrons. The molecule has 0 heterocycles. The molecule has 4 N–H and O–H groups in total. The highest BCUT2D eigenvalue weighted by molar-refractivity contribution is 6.32. The minimum Gasteiger partial charge on any atom is -0.402 e. The predicted octanol–water partition coefficient (Wildman–Crippen LogP) is 1.17. The van der Waals surface area contributed by atoms with Crippen LogP contribution >= 0.6 is 0 Å². The van der Waals surface area contributed by atoms with Gasteiger partial charge in [-0.2, -0.15) is 0 Å². The van der Waals surface area contributed by atoms with Gasteiger partial charge in [-0.25, -0.2) is 0 Å². The van der Waals surface area contributed by atoms with Crippen molar-refractivity contribution < 1.29 is 24.3 Å². The van der Waals surface area contributed by atoms with E-state index in [0.29, 0.717) is 12.1 Å². The first-order valence-corrected chi connectivity index (χ1v) is 8.55. The normalized spacial score (nSPS) is 11.6. The van der Waals surface area contributed by atoms with Crippen molar-refractivity contribution in [2.24, 2.45) is 0 Å². The second-order valence-corrected chi connectivity index (χ2v) is 6.26. The average Bonchev–Trinajstić information content (AvgIpc) is 2.57. The molecule has 1 atom stereocenters. The Hall–Kier alpha value is -2.68. The number of aryl methyl sites for hydroxylation is 1. The molecular formula is C19H23BN2O5. The van der Waals surface area contributed by atoms with Gasteiger partial charge in [-0.3, -0.25) is 9.59 Å². The van der Waals surface area contributed by atoms with Gasteiger partial charge in [0.05, 0.1) is 6.42 Å². The highest BCUT2D eigenvalue weighted by Crippen LogP contribution is 2.11. The number of rotatable bonds is 8. The first-order valence-electron chi connectivity index (χ1n) is 8.55. The first-order chi connectivity index (χ1) is 12.8. The second-order valence-electron chi connectivity index (χ2n) is 6.26. The van der Waals surface area contributed by atoms with Crippen LogP contribution in [-0.2, 0) is 27.1 Å². The zero-order chi connectivity index (χ0) is 19.8. The van der Waals surface area contributed by atoms with Crippen LogP contribution in [0.2, 0.25) is 0 Å². The van der Waals surface area contributed by atoms with Crippen molar-refractivity contribution in [3.05, 3.63) is 65.2 Å². The fourth-order valence-corrected chi connectivity index (χ4v) is 2.54. The first kappa shape index (κ1) is 20.6. The van der Waals surface area contributed by atoms with Gasteiger partial charge in [0.25, 0.3) is 0 Å². The third-order valence-corrected chi connectivity index (χ3v) is 3.79. The van der Waals surface area contributed by atoms with Crippen LogP contribution in [0.3, 0.4) is 0 Å². The highest BCUT2D eigenvalue weighted by Gasteiger charge is 2.20. The summed E-state index contributed by atoms with van der Waals surface area (Å²) < 4.78 is 4.99. The lowest BCUT2D eigenvalue weighted by Gasteiger charge is -2.19. The lowest BCUT2D eigenvalue weighted by atomic mass is 10.1. The van der Waals surface area contributed by atoms with E-state index in [2.05, 4.69) is 10.6 Å². The topological polar surface area (TPSA) is 108 Å². The van der Waals surface area contributed by atoms with E-state index in [1.54, 1.807) is 24.3 Å². The fraction of sp³-hybridized carbons (Fsp3) is 0.263. The van der Waals surface area contributed by atoms with Gasteiger partial charge >= 0.3 is 7.32 Å². The zero-order valence-electron chi connectivity index (χ0n) is 15.3. The molecule has 2 aromatic carbocycles. The molecule has 0 aromatic heterocycles. The number of nitrogens with one attached hydrogen (secondary N) is 2. The Bertz CT molecular complexity index is 763. The summed E-state index contributed by atoms with van der Waals surface area (Å²) in [5.41, 5.74) is 3.40. The van der Waals surface area contributed by atoms with Crippen LogP contribution in [0.4, 0.5) is 5.69 Å². The summed E-state index contributed by atoms with van der Waals surface area (Å²) in [5, 5.41) is 23.5. The number of hydrogen-bond donors (Lipinski definition) is 4. The lowest BCUT2D eigenvalue weighted by molar-refractivity contribution is -0.123. The lowest BCUT2D eigenvalue weighted by Crippen LogP contribution is -2.43. The number of amides is 2. The van der Waals surface area contributed by atoms with Crippen LogP contribution in [0.15, 0.2) is 48.5 Å². The van der Waals surface area contributed by atoms with Crippen molar-refractivity contribution in [3.8, 4) is 0 Å². The standard InChI is InChI=1S/C19H23BN2O5/c1-13-3-5-16(6-4-13)12-19(27-20(25)26)22-18(24)11-15-7-9-17(10-8-15)21-14(2)23/h3-10,19,25-26H,11-12H2,1-2H3,(H,21,23)(H,22,24)/t19-/m1/s1. The molecule has 0 unspecified atom stereocenters. The molecule has 27 heavy (non-hydrogen) atoms. The van der Waals surface area contributed by atoms with Crippen molar-refractivity contribution in [2.75, 3.05) is 5.32 Å². The molecule has 0 aliphatic heterocycles. The molecule has 8 heteroatoms. The molecule has 0 aliphatic carbocycles. The van der Waals surface area contributed by atoms with Crippen molar-refractivity contribution in [3.63, 3.8) is 0 Å². The summed E-state index contributed by atoms with van der Waals surface area (Å²) in [6.07, 6.45) is -0.486. The van der Waals surface area contributed by atoms with Crippen molar-refractivity contribution in [1.82, 2.24) is 5.32 Å². The second kappa shape index (κ2) is 9.87. The number of carbonyl (C=O) groups is 2. The molecule has 0 aliphatic rings. The van der Waals surface area contributed by atoms with Gasteiger partial charge in [0.1, 0.15) is 6.23 Å².